The van der Waals surface area contributed by atoms with Gasteiger partial charge in [0, 0.05) is 18.8 Å². The largest absolute Gasteiger partial charge is 0.331 e. The second kappa shape index (κ2) is 15.1. The quantitative estimate of drug-likeness (QED) is 0.394. The number of benzene rings is 1. The first kappa shape index (κ1) is 31.9. The van der Waals surface area contributed by atoms with Gasteiger partial charge in [0.2, 0.25) is 0 Å². The van der Waals surface area contributed by atoms with Crippen LogP contribution in [0.1, 0.15) is 72.1 Å². The van der Waals surface area contributed by atoms with Crippen molar-refractivity contribution in [2.75, 3.05) is 31.7 Å². The van der Waals surface area contributed by atoms with Crippen LogP contribution in [0.5, 0.6) is 0 Å². The van der Waals surface area contributed by atoms with Crippen molar-refractivity contribution in [3.8, 4) is 0 Å². The van der Waals surface area contributed by atoms with Gasteiger partial charge in [-0.15, -0.1) is 13.2 Å². The number of nitrogens with one attached hydrogen (secondary N) is 2. The maximum absolute atomic E-state index is 5.55. The summed E-state index contributed by atoms with van der Waals surface area (Å²) in [7, 11) is 0. The third-order valence-electron chi connectivity index (χ3n) is 3.88. The van der Waals surface area contributed by atoms with Gasteiger partial charge in [0.25, 0.3) is 0 Å². The van der Waals surface area contributed by atoms with E-state index in [2.05, 4.69) is 75.2 Å². The van der Waals surface area contributed by atoms with Crippen molar-refractivity contribution in [1.29, 1.82) is 0 Å². The Bertz CT molecular complexity index is 617. The molecular weight excluding hydrogens is 381 g/mol. The van der Waals surface area contributed by atoms with E-state index in [9.17, 15) is 0 Å². The number of aryl methyl sites for hydroxylation is 2. The zero-order valence-electron chi connectivity index (χ0n) is 16.9. The van der Waals surface area contributed by atoms with Crippen LogP contribution in [0.15, 0.2) is 12.1 Å². The van der Waals surface area contributed by atoms with Crippen molar-refractivity contribution in [1.82, 2.24) is 10.4 Å². The molecule has 1 aromatic carbocycles. The Labute approximate surface area is 182 Å². The first-order valence-electron chi connectivity index (χ1n) is 9.27. The third kappa shape index (κ3) is 11.2. The van der Waals surface area contributed by atoms with E-state index < -0.39 is 6.89 Å². The number of nitrogens with zero attached hydrogens (tertiary/aromatic N) is 1. The Hall–Kier alpha value is -0.830. The van der Waals surface area contributed by atoms with Gasteiger partial charge in [-0.2, -0.15) is 0 Å². The van der Waals surface area contributed by atoms with E-state index in [0.717, 1.165) is 30.1 Å². The summed E-state index contributed by atoms with van der Waals surface area (Å²) < 4.78 is 0. The van der Waals surface area contributed by atoms with E-state index in [1.807, 2.05) is 0 Å². The summed E-state index contributed by atoms with van der Waals surface area (Å²) in [4.78, 5) is 0. The van der Waals surface area contributed by atoms with Gasteiger partial charge in [-0.25, -0.2) is 5.43 Å². The van der Waals surface area contributed by atoms with Crippen molar-refractivity contribution in [2.45, 2.75) is 75.4 Å². The molecule has 0 unspecified atom stereocenters. The number of hydrogen-bond acceptors (Lipinski definition) is 2. The molecule has 0 atom stereocenters. The standard InChI is InChI=1S/C17H28N3PS.C3H8.3CH4/c1-13-10-14(2)16(11-15(13)12-21(3,4)5)19-17(22)20-9-7-6-8-18-20;1-3-2;;;/h10-11,18H,3,6-9,12H2,1-2,4-5H3,(H,19,22);3H2,1-2H3;3*1H4. The van der Waals surface area contributed by atoms with Crippen LogP contribution in [0.25, 0.3) is 0 Å². The number of anilines is 1. The second-order valence-corrected chi connectivity index (χ2v) is 12.2. The zero-order chi connectivity index (χ0) is 19.0. The van der Waals surface area contributed by atoms with E-state index in [4.69, 9.17) is 12.2 Å². The van der Waals surface area contributed by atoms with Crippen LogP contribution in [-0.2, 0) is 6.16 Å². The molecule has 166 valence electrons. The minimum Gasteiger partial charge on any atom is -0.331 e. The van der Waals surface area contributed by atoms with Gasteiger partial charge in [-0.1, -0.05) is 48.6 Å². The Morgan fingerprint density at radius 2 is 1.71 bits per heavy atom. The molecule has 0 bridgehead atoms. The Morgan fingerprint density at radius 3 is 2.18 bits per heavy atom. The molecule has 0 saturated carbocycles. The molecule has 1 aliphatic rings. The van der Waals surface area contributed by atoms with E-state index in [1.54, 1.807) is 0 Å². The molecule has 2 N–H and O–H groups in total. The Kier molecular flexibility index (Phi) is 17.1. The van der Waals surface area contributed by atoms with Gasteiger partial charge in [0.1, 0.15) is 0 Å². The van der Waals surface area contributed by atoms with Gasteiger partial charge < -0.3 is 5.32 Å². The molecule has 1 aliphatic heterocycles. The molecule has 0 aromatic heterocycles. The third-order valence-corrected chi connectivity index (χ3v) is 5.40. The predicted octanol–water partition coefficient (Wildman–Crippen LogP) is 7.13. The van der Waals surface area contributed by atoms with E-state index in [0.29, 0.717) is 0 Å². The second-order valence-electron chi connectivity index (χ2n) is 7.59. The molecule has 2 rings (SSSR count). The average Bonchev–Trinajstić information content (AvgIpc) is 2.52. The Morgan fingerprint density at radius 1 is 1.14 bits per heavy atom. The molecule has 0 aliphatic carbocycles. The first-order valence-corrected chi connectivity index (χ1v) is 12.7. The number of hydrazine groups is 1. The summed E-state index contributed by atoms with van der Waals surface area (Å²) in [5.74, 6) is 0. The van der Waals surface area contributed by atoms with Crippen LogP contribution < -0.4 is 10.7 Å². The number of rotatable bonds is 3. The molecule has 0 spiro atoms. The molecule has 1 heterocycles. The topological polar surface area (TPSA) is 27.3 Å². The lowest BCUT2D eigenvalue weighted by atomic mass is 10.0. The van der Waals surface area contributed by atoms with Crippen LogP contribution in [-0.4, -0.2) is 42.8 Å². The lowest BCUT2D eigenvalue weighted by Crippen LogP contribution is -2.48. The van der Waals surface area contributed by atoms with Crippen molar-refractivity contribution in [3.63, 3.8) is 0 Å². The number of hydrogen-bond donors (Lipinski definition) is 2. The smallest absolute Gasteiger partial charge is 0.187 e. The zero-order valence-corrected chi connectivity index (χ0v) is 18.6. The fraction of sp³-hybridized carbons (Fsp3) is 0.652. The summed E-state index contributed by atoms with van der Waals surface area (Å²) in [6.45, 7) is 14.0. The van der Waals surface area contributed by atoms with Gasteiger partial charge in [0.05, 0.1) is 0 Å². The average molecular weight is 430 g/mol. The molecule has 5 heteroatoms. The molecule has 1 fully saturated rings. The maximum Gasteiger partial charge on any atom is 0.187 e. The highest BCUT2D eigenvalue weighted by Gasteiger charge is 2.15. The summed E-state index contributed by atoms with van der Waals surface area (Å²) in [5, 5.41) is 6.24. The van der Waals surface area contributed by atoms with Crippen LogP contribution >= 0.6 is 19.1 Å². The van der Waals surface area contributed by atoms with E-state index >= 15 is 0 Å². The molecule has 0 radical (unpaired) electrons. The highest BCUT2D eigenvalue weighted by atomic mass is 32.1. The van der Waals surface area contributed by atoms with Crippen molar-refractivity contribution in [3.05, 3.63) is 28.8 Å². The van der Waals surface area contributed by atoms with Crippen molar-refractivity contribution < 1.29 is 0 Å². The molecule has 0 amide bonds. The maximum atomic E-state index is 5.55. The first-order chi connectivity index (χ1) is 11.7. The van der Waals surface area contributed by atoms with Gasteiger partial charge in [0.15, 0.2) is 5.11 Å². The minimum atomic E-state index is -1.09. The molecule has 1 saturated heterocycles. The summed E-state index contributed by atoms with van der Waals surface area (Å²) in [5.41, 5.74) is 8.44. The van der Waals surface area contributed by atoms with Crippen molar-refractivity contribution in [2.24, 2.45) is 0 Å². The predicted molar refractivity (Wildman–Crippen MR) is 142 cm³/mol. The summed E-state index contributed by atoms with van der Waals surface area (Å²) >= 11 is 5.55. The van der Waals surface area contributed by atoms with Crippen LogP contribution in [0.2, 0.25) is 0 Å². The fourth-order valence-electron chi connectivity index (χ4n) is 2.71. The van der Waals surface area contributed by atoms with Crippen LogP contribution in [0.3, 0.4) is 0 Å². The van der Waals surface area contributed by atoms with Gasteiger partial charge in [-0.3, -0.25) is 5.01 Å². The van der Waals surface area contributed by atoms with Crippen LogP contribution in [0, 0.1) is 13.8 Å². The summed E-state index contributed by atoms with van der Waals surface area (Å²) in [6.07, 6.45) is 9.07. The van der Waals surface area contributed by atoms with Gasteiger partial charge >= 0.3 is 0 Å². The monoisotopic (exact) mass is 429 g/mol. The lowest BCUT2D eigenvalue weighted by molar-refractivity contribution is 0.261. The van der Waals surface area contributed by atoms with E-state index in [1.165, 1.54) is 36.0 Å². The fourth-order valence-corrected chi connectivity index (χ4v) is 4.24. The highest BCUT2D eigenvalue weighted by Crippen LogP contribution is 2.41. The minimum absolute atomic E-state index is 0. The van der Waals surface area contributed by atoms with Crippen molar-refractivity contribution >= 4 is 36.2 Å². The van der Waals surface area contributed by atoms with Crippen LogP contribution in [0.4, 0.5) is 5.69 Å². The SMILES string of the molecule is C.C.C.C=P(C)(C)Cc1cc(NC(=S)N2CCCCN2)c(C)cc1C.CCC. The number of thiocarbonyl (C=S) groups is 1. The lowest BCUT2D eigenvalue weighted by Gasteiger charge is -2.30. The molecular formula is C23H48N3PS. The highest BCUT2D eigenvalue weighted by molar-refractivity contribution is 7.80. The summed E-state index contributed by atoms with van der Waals surface area (Å²) in [6, 6.07) is 4.51. The molecule has 3 nitrogen and oxygen atoms in total. The van der Waals surface area contributed by atoms with E-state index in [-0.39, 0.29) is 22.3 Å². The molecule has 28 heavy (non-hydrogen) atoms. The normalized spacial score (nSPS) is 13.0. The molecule has 1 aromatic rings. The van der Waals surface area contributed by atoms with Gasteiger partial charge in [-0.05, 0) is 81.2 Å². The Balaban J connectivity index is -0.000000978.